The lowest BCUT2D eigenvalue weighted by Gasteiger charge is -2.08. The van der Waals surface area contributed by atoms with Crippen molar-refractivity contribution >= 4 is 22.6 Å². The zero-order valence-electron chi connectivity index (χ0n) is 13.7. The third-order valence-electron chi connectivity index (χ3n) is 3.99. The average Bonchev–Trinajstić information content (AvgIpc) is 2.58. The first-order valence-corrected chi connectivity index (χ1v) is 7.48. The van der Waals surface area contributed by atoms with Crippen LogP contribution in [-0.2, 0) is 0 Å². The van der Waals surface area contributed by atoms with Crippen molar-refractivity contribution in [3.05, 3.63) is 69.6 Å². The molecule has 122 valence electrons. The molecule has 0 saturated heterocycles. The van der Waals surface area contributed by atoms with Gasteiger partial charge in [0.25, 0.3) is 5.91 Å². The van der Waals surface area contributed by atoms with Crippen LogP contribution in [0.1, 0.15) is 21.5 Å². The molecule has 3 rings (SSSR count). The Balaban J connectivity index is 1.98. The molecule has 3 aromatic rings. The number of hydrogen-bond donors (Lipinski definition) is 1. The molecule has 0 aliphatic carbocycles. The van der Waals surface area contributed by atoms with Crippen molar-refractivity contribution in [3.8, 4) is 5.75 Å². The highest BCUT2D eigenvalue weighted by molar-refractivity contribution is 6.05. The first-order chi connectivity index (χ1) is 11.5. The Bertz CT molecular complexity index is 988. The maximum Gasteiger partial charge on any atom is 0.262 e. The predicted molar refractivity (Wildman–Crippen MR) is 92.9 cm³/mol. The average molecular weight is 323 g/mol. The van der Waals surface area contributed by atoms with Crippen molar-refractivity contribution in [2.24, 2.45) is 0 Å². The lowest BCUT2D eigenvalue weighted by Crippen LogP contribution is -2.21. The van der Waals surface area contributed by atoms with E-state index in [0.717, 1.165) is 11.1 Å². The van der Waals surface area contributed by atoms with Gasteiger partial charge in [0.2, 0.25) is 5.43 Å². The summed E-state index contributed by atoms with van der Waals surface area (Å²) in [5.41, 5.74) is 2.79. The normalized spacial score (nSPS) is 10.6. The first kappa shape index (κ1) is 15.8. The fourth-order valence-electron chi connectivity index (χ4n) is 2.41. The van der Waals surface area contributed by atoms with Crippen LogP contribution in [0, 0.1) is 13.8 Å². The van der Waals surface area contributed by atoms with Crippen LogP contribution in [0.2, 0.25) is 0 Å². The summed E-state index contributed by atoms with van der Waals surface area (Å²) in [5.74, 6) is 0.0261. The fraction of sp³-hybridized carbons (Fsp3) is 0.158. The van der Waals surface area contributed by atoms with Crippen LogP contribution < -0.4 is 15.5 Å². The summed E-state index contributed by atoms with van der Waals surface area (Å²) in [6.45, 7) is 3.95. The highest BCUT2D eigenvalue weighted by Gasteiger charge is 2.15. The predicted octanol–water partition coefficient (Wildman–Crippen LogP) is 3.67. The zero-order chi connectivity index (χ0) is 17.3. The molecule has 0 saturated carbocycles. The van der Waals surface area contributed by atoms with Gasteiger partial charge in [-0.15, -0.1) is 0 Å². The Morgan fingerprint density at radius 1 is 1.08 bits per heavy atom. The van der Waals surface area contributed by atoms with Crippen molar-refractivity contribution in [2.45, 2.75) is 13.8 Å². The third kappa shape index (κ3) is 2.88. The lowest BCUT2D eigenvalue weighted by atomic mass is 10.1. The minimum atomic E-state index is -0.503. The third-order valence-corrected chi connectivity index (χ3v) is 3.99. The number of carbonyl (C=O) groups is 1. The van der Waals surface area contributed by atoms with Gasteiger partial charge in [-0.1, -0.05) is 6.07 Å². The summed E-state index contributed by atoms with van der Waals surface area (Å²) in [5, 5.41) is 3.04. The van der Waals surface area contributed by atoms with Crippen LogP contribution in [0.15, 0.2) is 51.9 Å². The smallest absolute Gasteiger partial charge is 0.262 e. The largest absolute Gasteiger partial charge is 0.497 e. The summed E-state index contributed by atoms with van der Waals surface area (Å²) >= 11 is 0. The maximum absolute atomic E-state index is 12.6. The molecule has 1 N–H and O–H groups in total. The van der Waals surface area contributed by atoms with E-state index in [1.54, 1.807) is 24.3 Å². The standard InChI is InChI=1S/C19H17NO4/c1-11-4-5-13(8-12(11)2)20-19(22)16-10-24-17-7-6-14(23-3)9-15(17)18(16)21/h4-10H,1-3H3,(H,20,22). The number of nitrogens with one attached hydrogen (secondary N) is 1. The van der Waals surface area contributed by atoms with Gasteiger partial charge in [0.15, 0.2) is 0 Å². The fourth-order valence-corrected chi connectivity index (χ4v) is 2.41. The number of hydrogen-bond acceptors (Lipinski definition) is 4. The zero-order valence-corrected chi connectivity index (χ0v) is 13.7. The number of methoxy groups -OCH3 is 1. The summed E-state index contributed by atoms with van der Waals surface area (Å²) < 4.78 is 10.5. The van der Waals surface area contributed by atoms with Gasteiger partial charge in [0.1, 0.15) is 23.2 Å². The van der Waals surface area contributed by atoms with Crippen LogP contribution in [0.3, 0.4) is 0 Å². The molecule has 0 aliphatic heterocycles. The molecule has 1 amide bonds. The summed E-state index contributed by atoms with van der Waals surface area (Å²) in [6.07, 6.45) is 1.19. The Labute approximate surface area is 138 Å². The highest BCUT2D eigenvalue weighted by atomic mass is 16.5. The Hall–Kier alpha value is -3.08. The Kier molecular flexibility index (Phi) is 4.08. The number of aryl methyl sites for hydroxylation is 2. The molecule has 0 spiro atoms. The first-order valence-electron chi connectivity index (χ1n) is 7.48. The number of rotatable bonds is 3. The minimum Gasteiger partial charge on any atom is -0.497 e. The van der Waals surface area contributed by atoms with E-state index in [1.807, 2.05) is 26.0 Å². The molecule has 2 aromatic carbocycles. The number of fused-ring (bicyclic) bond motifs is 1. The monoisotopic (exact) mass is 323 g/mol. The van der Waals surface area contributed by atoms with Crippen LogP contribution in [-0.4, -0.2) is 13.0 Å². The van der Waals surface area contributed by atoms with E-state index >= 15 is 0 Å². The molecule has 5 heteroatoms. The molecule has 1 aromatic heterocycles. The van der Waals surface area contributed by atoms with E-state index in [-0.39, 0.29) is 5.56 Å². The molecule has 0 radical (unpaired) electrons. The molecule has 5 nitrogen and oxygen atoms in total. The molecule has 0 aliphatic rings. The van der Waals surface area contributed by atoms with Gasteiger partial charge >= 0.3 is 0 Å². The summed E-state index contributed by atoms with van der Waals surface area (Å²) in [7, 11) is 1.51. The number of ether oxygens (including phenoxy) is 1. The SMILES string of the molecule is COc1ccc2occ(C(=O)Nc3ccc(C)c(C)c3)c(=O)c2c1. The maximum atomic E-state index is 12.6. The number of anilines is 1. The second kappa shape index (κ2) is 6.20. The second-order valence-corrected chi connectivity index (χ2v) is 5.59. The van der Waals surface area contributed by atoms with Gasteiger partial charge in [-0.25, -0.2) is 0 Å². The molecule has 0 bridgehead atoms. The Morgan fingerprint density at radius 3 is 2.58 bits per heavy atom. The molecular formula is C19H17NO4. The number of benzene rings is 2. The van der Waals surface area contributed by atoms with Crippen LogP contribution in [0.4, 0.5) is 5.69 Å². The topological polar surface area (TPSA) is 68.5 Å². The van der Waals surface area contributed by atoms with Crippen molar-refractivity contribution in [3.63, 3.8) is 0 Å². The van der Waals surface area contributed by atoms with Gasteiger partial charge in [-0.3, -0.25) is 9.59 Å². The van der Waals surface area contributed by atoms with E-state index < -0.39 is 11.3 Å². The Morgan fingerprint density at radius 2 is 1.88 bits per heavy atom. The molecular weight excluding hydrogens is 306 g/mol. The van der Waals surface area contributed by atoms with E-state index in [1.165, 1.54) is 13.4 Å². The molecule has 1 heterocycles. The molecule has 24 heavy (non-hydrogen) atoms. The molecule has 0 atom stereocenters. The van der Waals surface area contributed by atoms with E-state index in [2.05, 4.69) is 5.32 Å². The summed E-state index contributed by atoms with van der Waals surface area (Å²) in [6, 6.07) is 10.5. The van der Waals surface area contributed by atoms with E-state index in [0.29, 0.717) is 22.4 Å². The van der Waals surface area contributed by atoms with E-state index in [9.17, 15) is 9.59 Å². The lowest BCUT2D eigenvalue weighted by molar-refractivity contribution is 0.102. The van der Waals surface area contributed by atoms with Crippen LogP contribution in [0.5, 0.6) is 5.75 Å². The van der Waals surface area contributed by atoms with E-state index in [4.69, 9.17) is 9.15 Å². The summed E-state index contributed by atoms with van der Waals surface area (Å²) in [4.78, 5) is 25.0. The van der Waals surface area contributed by atoms with Gasteiger partial charge < -0.3 is 14.5 Å². The highest BCUT2D eigenvalue weighted by Crippen LogP contribution is 2.19. The number of amides is 1. The molecule has 0 unspecified atom stereocenters. The number of carbonyl (C=O) groups excluding carboxylic acids is 1. The van der Waals surface area contributed by atoms with Gasteiger partial charge in [0, 0.05) is 5.69 Å². The van der Waals surface area contributed by atoms with Gasteiger partial charge in [0.05, 0.1) is 12.5 Å². The van der Waals surface area contributed by atoms with Crippen molar-refractivity contribution in [1.82, 2.24) is 0 Å². The second-order valence-electron chi connectivity index (χ2n) is 5.59. The van der Waals surface area contributed by atoms with Crippen LogP contribution in [0.25, 0.3) is 11.0 Å². The van der Waals surface area contributed by atoms with Gasteiger partial charge in [-0.2, -0.15) is 0 Å². The van der Waals surface area contributed by atoms with Gasteiger partial charge in [-0.05, 0) is 55.3 Å². The van der Waals surface area contributed by atoms with Crippen molar-refractivity contribution in [2.75, 3.05) is 12.4 Å². The quantitative estimate of drug-likeness (QED) is 0.798. The van der Waals surface area contributed by atoms with Crippen molar-refractivity contribution in [1.29, 1.82) is 0 Å². The van der Waals surface area contributed by atoms with Crippen molar-refractivity contribution < 1.29 is 13.9 Å². The minimum absolute atomic E-state index is 0.0472. The van der Waals surface area contributed by atoms with Crippen LogP contribution >= 0.6 is 0 Å². The molecule has 0 fully saturated rings.